The molecule has 1 atom stereocenters. The van der Waals surface area contributed by atoms with E-state index in [-0.39, 0.29) is 11.5 Å². The summed E-state index contributed by atoms with van der Waals surface area (Å²) in [6, 6.07) is 4.44. The highest BCUT2D eigenvalue weighted by molar-refractivity contribution is 6.02. The van der Waals surface area contributed by atoms with E-state index in [1.54, 1.807) is 6.07 Å². The first kappa shape index (κ1) is 10.2. The Balaban J connectivity index is 2.15. The Bertz CT molecular complexity index is 534. The standard InChI is InChI=1S/C10H9N3O4/c11-9-7-5-6(13(14)15)1-2-8(7)10(12-9)3-4-16-17-10/h1-2,5H,3-4H2,(H2,11,12). The lowest BCUT2D eigenvalue weighted by molar-refractivity contribution is -0.384. The highest BCUT2D eigenvalue weighted by Gasteiger charge is 2.45. The molecule has 88 valence electrons. The molecule has 2 aliphatic rings. The van der Waals surface area contributed by atoms with Gasteiger partial charge < -0.3 is 5.73 Å². The smallest absolute Gasteiger partial charge is 0.270 e. The second kappa shape index (κ2) is 3.25. The lowest BCUT2D eigenvalue weighted by Crippen LogP contribution is -2.19. The lowest BCUT2D eigenvalue weighted by Gasteiger charge is -2.16. The van der Waals surface area contributed by atoms with Crippen LogP contribution in [-0.2, 0) is 15.5 Å². The lowest BCUT2D eigenvalue weighted by atomic mass is 9.98. The van der Waals surface area contributed by atoms with Gasteiger partial charge in [-0.2, -0.15) is 0 Å². The van der Waals surface area contributed by atoms with Crippen LogP contribution in [-0.4, -0.2) is 17.4 Å². The Morgan fingerprint density at radius 1 is 1.53 bits per heavy atom. The van der Waals surface area contributed by atoms with E-state index >= 15 is 0 Å². The first-order valence-electron chi connectivity index (χ1n) is 5.08. The molecule has 17 heavy (non-hydrogen) atoms. The van der Waals surface area contributed by atoms with Gasteiger partial charge in [0.05, 0.1) is 11.5 Å². The van der Waals surface area contributed by atoms with Gasteiger partial charge in [0, 0.05) is 29.7 Å². The molecule has 0 radical (unpaired) electrons. The van der Waals surface area contributed by atoms with Crippen molar-refractivity contribution in [2.24, 2.45) is 10.7 Å². The Kier molecular flexibility index (Phi) is 1.95. The molecule has 2 N–H and O–H groups in total. The summed E-state index contributed by atoms with van der Waals surface area (Å²) in [5, 5.41) is 10.7. The van der Waals surface area contributed by atoms with Crippen molar-refractivity contribution in [1.82, 2.24) is 0 Å². The number of nitro groups is 1. The largest absolute Gasteiger partial charge is 0.383 e. The maximum absolute atomic E-state index is 10.7. The van der Waals surface area contributed by atoms with Crippen LogP contribution in [0.1, 0.15) is 17.5 Å². The molecule has 1 fully saturated rings. The molecule has 3 rings (SSSR count). The number of nitrogens with two attached hydrogens (primary N) is 1. The van der Waals surface area contributed by atoms with Gasteiger partial charge in [0.15, 0.2) is 0 Å². The maximum atomic E-state index is 10.7. The van der Waals surface area contributed by atoms with E-state index < -0.39 is 10.6 Å². The van der Waals surface area contributed by atoms with Crippen LogP contribution in [0, 0.1) is 10.1 Å². The molecular weight excluding hydrogens is 226 g/mol. The number of nitro benzene ring substituents is 1. The molecule has 7 heteroatoms. The third-order valence-electron chi connectivity index (χ3n) is 2.93. The van der Waals surface area contributed by atoms with Gasteiger partial charge in [0.2, 0.25) is 5.72 Å². The fourth-order valence-electron chi connectivity index (χ4n) is 2.13. The van der Waals surface area contributed by atoms with Crippen LogP contribution in [0.25, 0.3) is 0 Å². The molecule has 0 aliphatic carbocycles. The quantitative estimate of drug-likeness (QED) is 0.441. The molecule has 0 saturated carbocycles. The van der Waals surface area contributed by atoms with Gasteiger partial charge in [0.25, 0.3) is 5.69 Å². The van der Waals surface area contributed by atoms with Crippen LogP contribution in [0.2, 0.25) is 0 Å². The van der Waals surface area contributed by atoms with Gasteiger partial charge in [-0.05, 0) is 6.07 Å². The molecule has 0 amide bonds. The van der Waals surface area contributed by atoms with Crippen LogP contribution in [0.3, 0.4) is 0 Å². The minimum Gasteiger partial charge on any atom is -0.383 e. The highest BCUT2D eigenvalue weighted by atomic mass is 17.2. The molecule has 0 bridgehead atoms. The van der Waals surface area contributed by atoms with Crippen LogP contribution in [0.15, 0.2) is 23.2 Å². The average Bonchev–Trinajstić information content (AvgIpc) is 2.87. The van der Waals surface area contributed by atoms with E-state index in [0.29, 0.717) is 18.6 Å². The number of rotatable bonds is 1. The first-order chi connectivity index (χ1) is 8.12. The molecule has 0 aromatic heterocycles. The summed E-state index contributed by atoms with van der Waals surface area (Å²) >= 11 is 0. The van der Waals surface area contributed by atoms with Crippen LogP contribution < -0.4 is 5.73 Å². The van der Waals surface area contributed by atoms with E-state index in [0.717, 1.165) is 5.56 Å². The predicted octanol–water partition coefficient (Wildman–Crippen LogP) is 0.818. The van der Waals surface area contributed by atoms with Crippen LogP contribution in [0.4, 0.5) is 5.69 Å². The predicted molar refractivity (Wildman–Crippen MR) is 57.2 cm³/mol. The van der Waals surface area contributed by atoms with Gasteiger partial charge in [-0.25, -0.2) is 14.8 Å². The summed E-state index contributed by atoms with van der Waals surface area (Å²) in [4.78, 5) is 24.5. The van der Waals surface area contributed by atoms with E-state index in [1.165, 1.54) is 12.1 Å². The number of nitrogens with zero attached hydrogens (tertiary/aromatic N) is 2. The van der Waals surface area contributed by atoms with Gasteiger partial charge >= 0.3 is 0 Å². The number of hydrogen-bond acceptors (Lipinski definition) is 6. The monoisotopic (exact) mass is 235 g/mol. The minimum absolute atomic E-state index is 0.0159. The number of fused-ring (bicyclic) bond motifs is 2. The molecule has 1 aromatic carbocycles. The normalized spacial score (nSPS) is 26.0. The zero-order chi connectivity index (χ0) is 12.0. The summed E-state index contributed by atoms with van der Waals surface area (Å²) < 4.78 is 0. The van der Waals surface area contributed by atoms with Gasteiger partial charge in [0.1, 0.15) is 5.84 Å². The van der Waals surface area contributed by atoms with Crippen molar-refractivity contribution >= 4 is 11.5 Å². The molecule has 7 nitrogen and oxygen atoms in total. The van der Waals surface area contributed by atoms with Gasteiger partial charge in [-0.15, -0.1) is 0 Å². The Labute approximate surface area is 95.9 Å². The second-order valence-corrected chi connectivity index (χ2v) is 3.92. The van der Waals surface area contributed by atoms with E-state index in [4.69, 9.17) is 15.5 Å². The molecule has 1 unspecified atom stereocenters. The Morgan fingerprint density at radius 2 is 2.35 bits per heavy atom. The minimum atomic E-state index is -0.908. The molecule has 1 saturated heterocycles. The third kappa shape index (κ3) is 1.33. The molecular formula is C10H9N3O4. The van der Waals surface area contributed by atoms with Crippen molar-refractivity contribution in [2.45, 2.75) is 12.1 Å². The first-order valence-corrected chi connectivity index (χ1v) is 5.08. The third-order valence-corrected chi connectivity index (χ3v) is 2.93. The second-order valence-electron chi connectivity index (χ2n) is 3.92. The fourth-order valence-corrected chi connectivity index (χ4v) is 2.13. The van der Waals surface area contributed by atoms with Gasteiger partial charge in [-0.1, -0.05) is 0 Å². The van der Waals surface area contributed by atoms with E-state index in [1.807, 2.05) is 0 Å². The zero-order valence-corrected chi connectivity index (χ0v) is 8.75. The van der Waals surface area contributed by atoms with Gasteiger partial charge in [-0.3, -0.25) is 10.1 Å². The topological polar surface area (TPSA) is 100.0 Å². The summed E-state index contributed by atoms with van der Waals surface area (Å²) in [5.41, 5.74) is 6.10. The molecule has 2 heterocycles. The number of aliphatic imine (C=N–C) groups is 1. The van der Waals surface area contributed by atoms with Crippen LogP contribution in [0.5, 0.6) is 0 Å². The molecule has 1 aromatic rings. The summed E-state index contributed by atoms with van der Waals surface area (Å²) in [6.45, 7) is 0.424. The van der Waals surface area contributed by atoms with Crippen molar-refractivity contribution in [3.8, 4) is 0 Å². The Hall–Kier alpha value is -1.99. The fraction of sp³-hybridized carbons (Fsp3) is 0.300. The number of amidine groups is 1. The molecule has 2 aliphatic heterocycles. The number of benzene rings is 1. The average molecular weight is 235 g/mol. The van der Waals surface area contributed by atoms with Crippen molar-refractivity contribution in [2.75, 3.05) is 6.61 Å². The summed E-state index contributed by atoms with van der Waals surface area (Å²) in [5.74, 6) is 0.245. The SMILES string of the molecule is NC1=NC2(CCOO2)c2ccc([N+](=O)[O-])cc21. The van der Waals surface area contributed by atoms with Crippen molar-refractivity contribution < 1.29 is 14.7 Å². The van der Waals surface area contributed by atoms with E-state index in [2.05, 4.69) is 4.99 Å². The summed E-state index contributed by atoms with van der Waals surface area (Å²) in [7, 11) is 0. The number of hydrogen-bond donors (Lipinski definition) is 1. The Morgan fingerprint density at radius 3 is 3.00 bits per heavy atom. The van der Waals surface area contributed by atoms with Crippen LogP contribution >= 0.6 is 0 Å². The summed E-state index contributed by atoms with van der Waals surface area (Å²) in [6.07, 6.45) is 0.554. The maximum Gasteiger partial charge on any atom is 0.270 e. The highest BCUT2D eigenvalue weighted by Crippen LogP contribution is 2.42. The zero-order valence-electron chi connectivity index (χ0n) is 8.75. The van der Waals surface area contributed by atoms with Crippen molar-refractivity contribution in [3.63, 3.8) is 0 Å². The van der Waals surface area contributed by atoms with Crippen molar-refractivity contribution in [3.05, 3.63) is 39.4 Å². The van der Waals surface area contributed by atoms with Crippen molar-refractivity contribution in [1.29, 1.82) is 0 Å². The van der Waals surface area contributed by atoms with E-state index in [9.17, 15) is 10.1 Å². The number of non-ortho nitro benzene ring substituents is 1. The molecule has 1 spiro atoms.